The van der Waals surface area contributed by atoms with Crippen molar-refractivity contribution in [2.24, 2.45) is 0 Å². The molecule has 0 bridgehead atoms. The number of benzene rings is 2. The molecule has 1 N–H and O–H groups in total. The molecule has 2 aromatic carbocycles. The lowest BCUT2D eigenvalue weighted by Crippen LogP contribution is -2.27. The predicted molar refractivity (Wildman–Crippen MR) is 110 cm³/mol. The molecule has 136 valence electrons. The molecule has 3 aromatic rings. The highest BCUT2D eigenvalue weighted by atomic mass is 32.2. The Bertz CT molecular complexity index is 975. The summed E-state index contributed by atoms with van der Waals surface area (Å²) < 4.78 is 6.25. The lowest BCUT2D eigenvalue weighted by atomic mass is 10.1. The Morgan fingerprint density at radius 2 is 1.89 bits per heavy atom. The van der Waals surface area contributed by atoms with Crippen molar-refractivity contribution in [2.45, 2.75) is 25.2 Å². The van der Waals surface area contributed by atoms with Gasteiger partial charge in [0.1, 0.15) is 0 Å². The van der Waals surface area contributed by atoms with E-state index in [4.69, 9.17) is 4.74 Å². The van der Waals surface area contributed by atoms with Crippen LogP contribution in [0.1, 0.15) is 19.4 Å². The minimum Gasteiger partial charge on any atom is -0.448 e. The third kappa shape index (κ3) is 3.80. The summed E-state index contributed by atoms with van der Waals surface area (Å²) in [7, 11) is 0. The van der Waals surface area contributed by atoms with Crippen LogP contribution >= 0.6 is 11.8 Å². The number of nitrogens with zero attached hydrogens (tertiary/aromatic N) is 3. The molecule has 0 aliphatic carbocycles. The average molecular weight is 376 g/mol. The van der Waals surface area contributed by atoms with Crippen molar-refractivity contribution in [3.63, 3.8) is 0 Å². The van der Waals surface area contributed by atoms with Crippen molar-refractivity contribution >= 4 is 23.5 Å². The van der Waals surface area contributed by atoms with Crippen LogP contribution in [0, 0.1) is 0 Å². The summed E-state index contributed by atoms with van der Waals surface area (Å²) >= 11 is 1.55. The molecule has 1 unspecified atom stereocenters. The fourth-order valence-electron chi connectivity index (χ4n) is 2.93. The monoisotopic (exact) mass is 376 g/mol. The van der Waals surface area contributed by atoms with E-state index < -0.39 is 0 Å². The SMILES string of the molecule is CCSc1nnc2c(n1)OC(/C(C)=C\c1ccccc1)Nc1ccccc1-2. The molecule has 0 spiro atoms. The summed E-state index contributed by atoms with van der Waals surface area (Å²) in [6.45, 7) is 4.11. The second kappa shape index (κ2) is 7.80. The van der Waals surface area contributed by atoms with Gasteiger partial charge in [0.05, 0.1) is 0 Å². The minimum absolute atomic E-state index is 0.344. The van der Waals surface area contributed by atoms with Gasteiger partial charge < -0.3 is 10.1 Å². The van der Waals surface area contributed by atoms with E-state index in [0.717, 1.165) is 28.1 Å². The standard InChI is InChI=1S/C21H20N4OS/c1-3-27-21-23-20-18(24-25-21)16-11-7-8-12-17(16)22-19(26-20)14(2)13-15-9-5-4-6-10-15/h4-13,19,22H,3H2,1-2H3/b14-13-. The molecule has 1 aliphatic heterocycles. The molecule has 4 rings (SSSR count). The molecule has 0 fully saturated rings. The van der Waals surface area contributed by atoms with Crippen LogP contribution in [-0.4, -0.2) is 27.2 Å². The van der Waals surface area contributed by atoms with E-state index in [-0.39, 0.29) is 6.23 Å². The van der Waals surface area contributed by atoms with Crippen LogP contribution in [0.2, 0.25) is 0 Å². The van der Waals surface area contributed by atoms with Crippen molar-refractivity contribution in [3.8, 4) is 17.1 Å². The molecule has 5 nitrogen and oxygen atoms in total. The molecule has 1 aromatic heterocycles. The zero-order valence-electron chi connectivity index (χ0n) is 15.2. The normalized spacial score (nSPS) is 15.8. The van der Waals surface area contributed by atoms with Crippen LogP contribution in [0.5, 0.6) is 5.88 Å². The summed E-state index contributed by atoms with van der Waals surface area (Å²) in [6.07, 6.45) is 1.77. The van der Waals surface area contributed by atoms with Crippen molar-refractivity contribution in [1.29, 1.82) is 0 Å². The van der Waals surface area contributed by atoms with E-state index >= 15 is 0 Å². The van der Waals surface area contributed by atoms with Crippen LogP contribution in [0.3, 0.4) is 0 Å². The number of hydrogen-bond donors (Lipinski definition) is 1. The molecular weight excluding hydrogens is 356 g/mol. The summed E-state index contributed by atoms with van der Waals surface area (Å²) in [4.78, 5) is 4.60. The lowest BCUT2D eigenvalue weighted by molar-refractivity contribution is 0.255. The van der Waals surface area contributed by atoms with E-state index in [2.05, 4.69) is 52.6 Å². The molecule has 6 heteroatoms. The zero-order chi connectivity index (χ0) is 18.6. The molecule has 2 heterocycles. The molecular formula is C21H20N4OS. The second-order valence-corrected chi connectivity index (χ2v) is 7.40. The van der Waals surface area contributed by atoms with Gasteiger partial charge in [0.25, 0.3) is 0 Å². The van der Waals surface area contributed by atoms with Crippen molar-refractivity contribution in [3.05, 3.63) is 65.7 Å². The highest BCUT2D eigenvalue weighted by molar-refractivity contribution is 7.99. The first-order valence-electron chi connectivity index (χ1n) is 8.88. The van der Waals surface area contributed by atoms with Gasteiger partial charge in [-0.15, -0.1) is 10.2 Å². The Morgan fingerprint density at radius 3 is 2.70 bits per heavy atom. The largest absolute Gasteiger partial charge is 0.448 e. The molecule has 1 atom stereocenters. The van der Waals surface area contributed by atoms with E-state index in [1.165, 1.54) is 0 Å². The maximum absolute atomic E-state index is 6.25. The first-order chi connectivity index (χ1) is 13.2. The van der Waals surface area contributed by atoms with Crippen LogP contribution in [0.15, 0.2) is 65.3 Å². The van der Waals surface area contributed by atoms with Crippen LogP contribution in [-0.2, 0) is 0 Å². The van der Waals surface area contributed by atoms with Gasteiger partial charge >= 0.3 is 0 Å². The van der Waals surface area contributed by atoms with Gasteiger partial charge in [0.2, 0.25) is 11.0 Å². The summed E-state index contributed by atoms with van der Waals surface area (Å²) in [5.74, 6) is 1.38. The lowest BCUT2D eigenvalue weighted by Gasteiger charge is -2.20. The maximum Gasteiger partial charge on any atom is 0.247 e. The van der Waals surface area contributed by atoms with E-state index in [1.807, 2.05) is 42.5 Å². The van der Waals surface area contributed by atoms with Crippen molar-refractivity contribution in [1.82, 2.24) is 15.2 Å². The maximum atomic E-state index is 6.25. The third-order valence-electron chi connectivity index (χ3n) is 4.21. The van der Waals surface area contributed by atoms with Gasteiger partial charge in [-0.3, -0.25) is 0 Å². The summed E-state index contributed by atoms with van der Waals surface area (Å²) in [5, 5.41) is 12.7. The highest BCUT2D eigenvalue weighted by Gasteiger charge is 2.25. The summed E-state index contributed by atoms with van der Waals surface area (Å²) in [6, 6.07) is 18.2. The molecule has 1 aliphatic rings. The molecule has 0 amide bonds. The van der Waals surface area contributed by atoms with Crippen molar-refractivity contribution in [2.75, 3.05) is 11.1 Å². The van der Waals surface area contributed by atoms with Crippen LogP contribution in [0.4, 0.5) is 5.69 Å². The fraction of sp³-hybridized carbons (Fsp3) is 0.190. The average Bonchev–Trinajstić information content (AvgIpc) is 2.85. The number of hydrogen-bond acceptors (Lipinski definition) is 6. The number of thioether (sulfide) groups is 1. The number of fused-ring (bicyclic) bond motifs is 3. The minimum atomic E-state index is -0.344. The fourth-order valence-corrected chi connectivity index (χ4v) is 3.44. The van der Waals surface area contributed by atoms with Crippen LogP contribution < -0.4 is 10.1 Å². The Kier molecular flexibility index (Phi) is 5.07. The smallest absolute Gasteiger partial charge is 0.247 e. The van der Waals surface area contributed by atoms with Gasteiger partial charge in [-0.1, -0.05) is 73.3 Å². The topological polar surface area (TPSA) is 59.9 Å². The summed E-state index contributed by atoms with van der Waals surface area (Å²) in [5.41, 5.74) is 4.73. The number of nitrogens with one attached hydrogen (secondary N) is 1. The van der Waals surface area contributed by atoms with Crippen LogP contribution in [0.25, 0.3) is 17.3 Å². The number of rotatable bonds is 4. The van der Waals surface area contributed by atoms with Gasteiger partial charge in [-0.05, 0) is 29.9 Å². The predicted octanol–water partition coefficient (Wildman–Crippen LogP) is 4.88. The second-order valence-electron chi connectivity index (χ2n) is 6.17. The van der Waals surface area contributed by atoms with E-state index in [9.17, 15) is 0 Å². The quantitative estimate of drug-likeness (QED) is 0.655. The van der Waals surface area contributed by atoms with E-state index in [1.54, 1.807) is 11.8 Å². The number of para-hydroxylation sites is 1. The van der Waals surface area contributed by atoms with Gasteiger partial charge in [-0.2, -0.15) is 4.98 Å². The number of anilines is 1. The Morgan fingerprint density at radius 1 is 1.11 bits per heavy atom. The van der Waals surface area contributed by atoms with Gasteiger partial charge in [0.15, 0.2) is 11.9 Å². The zero-order valence-corrected chi connectivity index (χ0v) is 16.0. The Balaban J connectivity index is 1.76. The third-order valence-corrected chi connectivity index (χ3v) is 4.93. The number of aromatic nitrogens is 3. The molecule has 27 heavy (non-hydrogen) atoms. The first kappa shape index (κ1) is 17.5. The Labute approximate surface area is 162 Å². The highest BCUT2D eigenvalue weighted by Crippen LogP contribution is 2.37. The molecule has 0 saturated heterocycles. The first-order valence-corrected chi connectivity index (χ1v) is 9.86. The van der Waals surface area contributed by atoms with E-state index in [0.29, 0.717) is 16.7 Å². The van der Waals surface area contributed by atoms with Gasteiger partial charge in [0, 0.05) is 11.3 Å². The Hall–Kier alpha value is -2.86. The number of ether oxygens (including phenoxy) is 1. The molecule has 0 saturated carbocycles. The molecule has 0 radical (unpaired) electrons. The van der Waals surface area contributed by atoms with Crippen molar-refractivity contribution < 1.29 is 4.74 Å². The van der Waals surface area contributed by atoms with Gasteiger partial charge in [-0.25, -0.2) is 0 Å².